The Hall–Kier alpha value is -2.16. The molecule has 1 unspecified atom stereocenters. The van der Waals surface area contributed by atoms with Gasteiger partial charge in [-0.3, -0.25) is 4.99 Å². The Morgan fingerprint density at radius 1 is 1.10 bits per heavy atom. The number of hydrogen-bond donors (Lipinski definition) is 1. The average Bonchev–Trinajstić information content (AvgIpc) is 2.80. The topological polar surface area (TPSA) is 49.3 Å². The predicted molar refractivity (Wildman–Crippen MR) is 133 cm³/mol. The molecule has 0 amide bonds. The summed E-state index contributed by atoms with van der Waals surface area (Å²) < 4.78 is 11.0. The largest absolute Gasteiger partial charge is 0.497 e. The van der Waals surface area contributed by atoms with Gasteiger partial charge in [0.05, 0.1) is 13.7 Å². The van der Waals surface area contributed by atoms with Gasteiger partial charge in [0.15, 0.2) is 5.96 Å². The number of halogens is 1. The highest BCUT2D eigenvalue weighted by atomic mass is 127. The van der Waals surface area contributed by atoms with E-state index in [1.807, 2.05) is 25.2 Å². The van der Waals surface area contributed by atoms with Crippen molar-refractivity contribution in [3.63, 3.8) is 0 Å². The van der Waals surface area contributed by atoms with E-state index in [2.05, 4.69) is 50.4 Å². The standard InChI is InChI=1S/C23H30N4O2.HI/c1-24-23(25-17-18-11-16-29-22-6-4-3-5-21(18)22)27-14-12-26(13-15-27)19-7-9-20(28-2)10-8-19;/h3-10,18H,11-17H2,1-2H3,(H,24,25);1H. The van der Waals surface area contributed by atoms with Crippen molar-refractivity contribution in [2.75, 3.05) is 58.4 Å². The van der Waals surface area contributed by atoms with E-state index in [4.69, 9.17) is 9.47 Å². The Bertz CT molecular complexity index is 835. The zero-order chi connectivity index (χ0) is 20.1. The first-order valence-corrected chi connectivity index (χ1v) is 10.3. The molecule has 1 fully saturated rings. The van der Waals surface area contributed by atoms with Crippen LogP contribution < -0.4 is 19.7 Å². The molecule has 2 aromatic carbocycles. The molecule has 0 bridgehead atoms. The highest BCUT2D eigenvalue weighted by Crippen LogP contribution is 2.32. The molecule has 0 saturated carbocycles. The molecule has 2 heterocycles. The monoisotopic (exact) mass is 522 g/mol. The number of aliphatic imine (C=N–C) groups is 1. The maximum absolute atomic E-state index is 5.79. The number of fused-ring (bicyclic) bond motifs is 1. The fourth-order valence-electron chi connectivity index (χ4n) is 4.14. The molecule has 162 valence electrons. The quantitative estimate of drug-likeness (QED) is 0.378. The molecular weight excluding hydrogens is 491 g/mol. The Balaban J connectivity index is 0.00000256. The summed E-state index contributed by atoms with van der Waals surface area (Å²) in [5, 5.41) is 3.60. The number of methoxy groups -OCH3 is 1. The first-order valence-electron chi connectivity index (χ1n) is 10.3. The molecule has 2 aliphatic heterocycles. The summed E-state index contributed by atoms with van der Waals surface area (Å²) in [6, 6.07) is 16.7. The Morgan fingerprint density at radius 3 is 2.53 bits per heavy atom. The number of nitrogens with one attached hydrogen (secondary N) is 1. The van der Waals surface area contributed by atoms with E-state index >= 15 is 0 Å². The third-order valence-corrected chi connectivity index (χ3v) is 5.82. The van der Waals surface area contributed by atoms with Crippen molar-refractivity contribution in [3.8, 4) is 11.5 Å². The predicted octanol–water partition coefficient (Wildman–Crippen LogP) is 3.58. The van der Waals surface area contributed by atoms with Crippen LogP contribution in [-0.4, -0.2) is 64.3 Å². The SMILES string of the molecule is CN=C(NCC1CCOc2ccccc21)N1CCN(c2ccc(OC)cc2)CC1.I. The van der Waals surface area contributed by atoms with Gasteiger partial charge in [0.2, 0.25) is 0 Å². The fraction of sp³-hybridized carbons (Fsp3) is 0.435. The third kappa shape index (κ3) is 5.11. The first kappa shape index (κ1) is 22.5. The normalized spacial score (nSPS) is 18.7. The fourth-order valence-corrected chi connectivity index (χ4v) is 4.14. The highest BCUT2D eigenvalue weighted by molar-refractivity contribution is 14.0. The number of ether oxygens (including phenoxy) is 2. The molecule has 4 rings (SSSR count). The van der Waals surface area contributed by atoms with E-state index in [1.54, 1.807) is 7.11 Å². The number of anilines is 1. The molecule has 1 saturated heterocycles. The summed E-state index contributed by atoms with van der Waals surface area (Å²) in [6.45, 7) is 5.53. The van der Waals surface area contributed by atoms with E-state index in [9.17, 15) is 0 Å². The van der Waals surface area contributed by atoms with Crippen LogP contribution in [0.4, 0.5) is 5.69 Å². The number of para-hydroxylation sites is 1. The minimum Gasteiger partial charge on any atom is -0.497 e. The smallest absolute Gasteiger partial charge is 0.193 e. The molecule has 0 aromatic heterocycles. The summed E-state index contributed by atoms with van der Waals surface area (Å²) in [5.41, 5.74) is 2.54. The zero-order valence-corrected chi connectivity index (χ0v) is 20.0. The Kier molecular flexibility index (Phi) is 8.07. The lowest BCUT2D eigenvalue weighted by Gasteiger charge is -2.38. The molecular formula is C23H31IN4O2. The minimum atomic E-state index is 0. The van der Waals surface area contributed by atoms with E-state index in [1.165, 1.54) is 11.3 Å². The van der Waals surface area contributed by atoms with E-state index in [0.717, 1.165) is 63.2 Å². The summed E-state index contributed by atoms with van der Waals surface area (Å²) in [7, 11) is 3.57. The van der Waals surface area contributed by atoms with Gasteiger partial charge in [0.1, 0.15) is 11.5 Å². The highest BCUT2D eigenvalue weighted by Gasteiger charge is 2.24. The second kappa shape index (κ2) is 10.7. The number of nitrogens with zero attached hydrogens (tertiary/aromatic N) is 3. The molecule has 6 nitrogen and oxygen atoms in total. The number of guanidine groups is 1. The van der Waals surface area contributed by atoms with Gasteiger partial charge in [0.25, 0.3) is 0 Å². The van der Waals surface area contributed by atoms with Gasteiger partial charge < -0.3 is 24.6 Å². The number of piperazine rings is 1. The van der Waals surface area contributed by atoms with Crippen LogP contribution in [0.25, 0.3) is 0 Å². The van der Waals surface area contributed by atoms with Gasteiger partial charge in [-0.05, 0) is 42.3 Å². The minimum absolute atomic E-state index is 0. The van der Waals surface area contributed by atoms with Gasteiger partial charge in [-0.2, -0.15) is 0 Å². The molecule has 30 heavy (non-hydrogen) atoms. The van der Waals surface area contributed by atoms with E-state index in [-0.39, 0.29) is 24.0 Å². The molecule has 1 N–H and O–H groups in total. The lowest BCUT2D eigenvalue weighted by atomic mass is 9.93. The van der Waals surface area contributed by atoms with Gasteiger partial charge in [-0.15, -0.1) is 24.0 Å². The Morgan fingerprint density at radius 2 is 1.83 bits per heavy atom. The molecule has 0 aliphatic carbocycles. The van der Waals surface area contributed by atoms with Crippen molar-refractivity contribution < 1.29 is 9.47 Å². The number of rotatable bonds is 4. The summed E-state index contributed by atoms with van der Waals surface area (Å²) in [6.07, 6.45) is 1.03. The lowest BCUT2D eigenvalue weighted by molar-refractivity contribution is 0.266. The van der Waals surface area contributed by atoms with Crippen LogP contribution in [-0.2, 0) is 0 Å². The van der Waals surface area contributed by atoms with Crippen molar-refractivity contribution in [2.24, 2.45) is 4.99 Å². The molecule has 0 radical (unpaired) electrons. The van der Waals surface area contributed by atoms with Crippen LogP contribution in [0.2, 0.25) is 0 Å². The number of hydrogen-bond acceptors (Lipinski definition) is 4. The Labute approximate surface area is 196 Å². The molecule has 1 atom stereocenters. The third-order valence-electron chi connectivity index (χ3n) is 5.82. The molecule has 2 aliphatic rings. The van der Waals surface area contributed by atoms with Crippen LogP contribution in [0.5, 0.6) is 11.5 Å². The van der Waals surface area contributed by atoms with Gasteiger partial charge in [-0.1, -0.05) is 18.2 Å². The second-order valence-corrected chi connectivity index (χ2v) is 7.47. The zero-order valence-electron chi connectivity index (χ0n) is 17.7. The van der Waals surface area contributed by atoms with Gasteiger partial charge >= 0.3 is 0 Å². The van der Waals surface area contributed by atoms with Crippen molar-refractivity contribution in [1.29, 1.82) is 0 Å². The molecule has 7 heteroatoms. The van der Waals surface area contributed by atoms with E-state index in [0.29, 0.717) is 5.92 Å². The van der Waals surface area contributed by atoms with Crippen molar-refractivity contribution in [1.82, 2.24) is 10.2 Å². The van der Waals surface area contributed by atoms with Crippen LogP contribution >= 0.6 is 24.0 Å². The average molecular weight is 522 g/mol. The number of benzene rings is 2. The molecule has 0 spiro atoms. The summed E-state index contributed by atoms with van der Waals surface area (Å²) in [4.78, 5) is 9.30. The van der Waals surface area contributed by atoms with Gasteiger partial charge in [0, 0.05) is 51.4 Å². The summed E-state index contributed by atoms with van der Waals surface area (Å²) in [5.74, 6) is 3.36. The lowest BCUT2D eigenvalue weighted by Crippen LogP contribution is -2.53. The van der Waals surface area contributed by atoms with Crippen LogP contribution in [0.1, 0.15) is 17.9 Å². The molecule has 2 aromatic rings. The van der Waals surface area contributed by atoms with Crippen molar-refractivity contribution in [3.05, 3.63) is 54.1 Å². The first-order chi connectivity index (χ1) is 14.3. The second-order valence-electron chi connectivity index (χ2n) is 7.47. The van der Waals surface area contributed by atoms with E-state index < -0.39 is 0 Å². The maximum atomic E-state index is 5.79. The van der Waals surface area contributed by atoms with Crippen LogP contribution in [0.15, 0.2) is 53.5 Å². The van der Waals surface area contributed by atoms with Crippen LogP contribution in [0, 0.1) is 0 Å². The van der Waals surface area contributed by atoms with Gasteiger partial charge in [-0.25, -0.2) is 0 Å². The van der Waals surface area contributed by atoms with Crippen molar-refractivity contribution in [2.45, 2.75) is 12.3 Å². The maximum Gasteiger partial charge on any atom is 0.193 e. The van der Waals surface area contributed by atoms with Crippen LogP contribution in [0.3, 0.4) is 0 Å². The van der Waals surface area contributed by atoms with Crippen molar-refractivity contribution >= 4 is 35.6 Å². The summed E-state index contributed by atoms with van der Waals surface area (Å²) >= 11 is 0.